The van der Waals surface area contributed by atoms with Gasteiger partial charge in [-0.2, -0.15) is 0 Å². The maximum Gasteiger partial charge on any atom is 0.264 e. The van der Waals surface area contributed by atoms with E-state index in [-0.39, 0.29) is 22.7 Å². The molecule has 1 N–H and O–H groups in total. The van der Waals surface area contributed by atoms with Crippen LogP contribution in [0, 0.1) is 12.7 Å². The minimum atomic E-state index is -4.20. The summed E-state index contributed by atoms with van der Waals surface area (Å²) in [5.74, 6) is -1.66. The van der Waals surface area contributed by atoms with Gasteiger partial charge in [0.2, 0.25) is 11.8 Å². The second-order valence-electron chi connectivity index (χ2n) is 8.44. The maximum atomic E-state index is 14.5. The second kappa shape index (κ2) is 12.2. The van der Waals surface area contributed by atoms with Gasteiger partial charge < -0.3 is 10.2 Å². The number of halogens is 2. The van der Waals surface area contributed by atoms with Crippen molar-refractivity contribution in [3.8, 4) is 0 Å². The summed E-state index contributed by atoms with van der Waals surface area (Å²) in [6.45, 7) is 4.51. The minimum absolute atomic E-state index is 0.0167. The molecule has 3 rings (SSSR count). The predicted molar refractivity (Wildman–Crippen MR) is 142 cm³/mol. The van der Waals surface area contributed by atoms with Crippen molar-refractivity contribution < 1.29 is 22.4 Å². The molecule has 0 bridgehead atoms. The third-order valence-electron chi connectivity index (χ3n) is 5.87. The van der Waals surface area contributed by atoms with Gasteiger partial charge >= 0.3 is 0 Å². The normalized spacial score (nSPS) is 12.0. The first-order valence-electron chi connectivity index (χ1n) is 11.7. The van der Waals surface area contributed by atoms with Crippen LogP contribution in [0.3, 0.4) is 0 Å². The SMILES string of the molecule is CCNC(=O)[C@H](C)N(Cc1ccccc1F)C(=O)CN(c1ccc(C)c(Cl)c1)S(=O)(=O)c1ccccc1. The van der Waals surface area contributed by atoms with Crippen molar-refractivity contribution in [2.24, 2.45) is 0 Å². The standard InChI is InChI=1S/C27H29ClFN3O4S/c1-4-30-27(34)20(3)31(17-21-10-8-9-13-25(21)29)26(33)18-32(22-15-14-19(2)24(28)16-22)37(35,36)23-11-6-5-7-12-23/h5-16,20H,4,17-18H2,1-3H3,(H,30,34)/t20-/m0/s1. The Morgan fingerprint density at radius 2 is 1.68 bits per heavy atom. The van der Waals surface area contributed by atoms with E-state index < -0.39 is 40.2 Å². The summed E-state index contributed by atoms with van der Waals surface area (Å²) in [7, 11) is -4.20. The van der Waals surface area contributed by atoms with Gasteiger partial charge in [0.1, 0.15) is 18.4 Å². The zero-order valence-corrected chi connectivity index (χ0v) is 22.4. The average molecular weight is 546 g/mol. The molecule has 0 spiro atoms. The molecule has 37 heavy (non-hydrogen) atoms. The first-order chi connectivity index (χ1) is 17.6. The largest absolute Gasteiger partial charge is 0.355 e. The van der Waals surface area contributed by atoms with Gasteiger partial charge in [0.05, 0.1) is 10.6 Å². The second-order valence-corrected chi connectivity index (χ2v) is 10.7. The molecule has 0 aromatic heterocycles. The monoisotopic (exact) mass is 545 g/mol. The zero-order valence-electron chi connectivity index (χ0n) is 20.8. The molecule has 0 saturated heterocycles. The minimum Gasteiger partial charge on any atom is -0.355 e. The number of anilines is 1. The number of hydrogen-bond donors (Lipinski definition) is 1. The lowest BCUT2D eigenvalue weighted by Crippen LogP contribution is -2.51. The number of rotatable bonds is 10. The van der Waals surface area contributed by atoms with E-state index in [1.165, 1.54) is 48.2 Å². The van der Waals surface area contributed by atoms with Crippen LogP contribution in [0.2, 0.25) is 5.02 Å². The molecule has 10 heteroatoms. The molecule has 0 aliphatic heterocycles. The number of hydrogen-bond acceptors (Lipinski definition) is 4. The Morgan fingerprint density at radius 3 is 2.30 bits per heavy atom. The van der Waals surface area contributed by atoms with Crippen LogP contribution in [-0.2, 0) is 26.2 Å². The molecule has 0 fully saturated rings. The van der Waals surface area contributed by atoms with Gasteiger partial charge in [0.15, 0.2) is 0 Å². The maximum absolute atomic E-state index is 14.5. The fraction of sp³-hybridized carbons (Fsp3) is 0.259. The van der Waals surface area contributed by atoms with Crippen molar-refractivity contribution in [1.29, 1.82) is 0 Å². The summed E-state index contributed by atoms with van der Waals surface area (Å²) in [6, 6.07) is 17.3. The van der Waals surface area contributed by atoms with Crippen molar-refractivity contribution in [2.45, 2.75) is 38.3 Å². The van der Waals surface area contributed by atoms with Gasteiger partial charge in [-0.1, -0.05) is 54.1 Å². The smallest absolute Gasteiger partial charge is 0.264 e. The van der Waals surface area contributed by atoms with Crippen molar-refractivity contribution >= 4 is 39.1 Å². The number of carbonyl (C=O) groups excluding carboxylic acids is 2. The number of amides is 2. The molecule has 0 heterocycles. The lowest BCUT2D eigenvalue weighted by atomic mass is 10.1. The summed E-state index contributed by atoms with van der Waals surface area (Å²) >= 11 is 6.29. The van der Waals surface area contributed by atoms with Crippen LogP contribution >= 0.6 is 11.6 Å². The van der Waals surface area contributed by atoms with E-state index in [9.17, 15) is 22.4 Å². The van der Waals surface area contributed by atoms with E-state index in [0.29, 0.717) is 11.6 Å². The van der Waals surface area contributed by atoms with Crippen LogP contribution in [0.15, 0.2) is 77.7 Å². The van der Waals surface area contributed by atoms with E-state index in [4.69, 9.17) is 11.6 Å². The highest BCUT2D eigenvalue weighted by atomic mass is 35.5. The third kappa shape index (κ3) is 6.67. The Balaban J connectivity index is 2.05. The summed E-state index contributed by atoms with van der Waals surface area (Å²) in [4.78, 5) is 27.5. The fourth-order valence-electron chi connectivity index (χ4n) is 3.70. The molecular weight excluding hydrogens is 517 g/mol. The topological polar surface area (TPSA) is 86.8 Å². The van der Waals surface area contributed by atoms with Gasteiger partial charge in [-0.05, 0) is 56.7 Å². The number of nitrogens with one attached hydrogen (secondary N) is 1. The highest BCUT2D eigenvalue weighted by Gasteiger charge is 2.32. The molecule has 0 aliphatic rings. The zero-order chi connectivity index (χ0) is 27.2. The van der Waals surface area contributed by atoms with E-state index in [1.807, 2.05) is 0 Å². The lowest BCUT2D eigenvalue weighted by Gasteiger charge is -2.32. The molecule has 0 saturated carbocycles. The molecule has 7 nitrogen and oxygen atoms in total. The van der Waals surface area contributed by atoms with Crippen molar-refractivity contribution in [3.05, 3.63) is 94.8 Å². The Morgan fingerprint density at radius 1 is 1.03 bits per heavy atom. The average Bonchev–Trinajstić information content (AvgIpc) is 2.88. The Bertz CT molecular complexity index is 1370. The molecule has 0 unspecified atom stereocenters. The molecule has 3 aromatic rings. The highest BCUT2D eigenvalue weighted by molar-refractivity contribution is 7.92. The van der Waals surface area contributed by atoms with E-state index in [0.717, 1.165) is 9.87 Å². The molecular formula is C27H29ClFN3O4S. The molecule has 0 radical (unpaired) electrons. The molecule has 3 aromatic carbocycles. The van der Waals surface area contributed by atoms with Gasteiger partial charge in [-0.25, -0.2) is 12.8 Å². The highest BCUT2D eigenvalue weighted by Crippen LogP contribution is 2.28. The van der Waals surface area contributed by atoms with E-state index >= 15 is 0 Å². The van der Waals surface area contributed by atoms with E-state index in [2.05, 4.69) is 5.32 Å². The number of benzene rings is 3. The van der Waals surface area contributed by atoms with Crippen LogP contribution in [0.4, 0.5) is 10.1 Å². The quantitative estimate of drug-likeness (QED) is 0.405. The Labute approximate surface area is 221 Å². The number of nitrogens with zero attached hydrogens (tertiary/aromatic N) is 2. The van der Waals surface area contributed by atoms with Crippen molar-refractivity contribution in [2.75, 3.05) is 17.4 Å². The number of carbonyl (C=O) groups is 2. The van der Waals surface area contributed by atoms with Gasteiger partial charge in [-0.15, -0.1) is 0 Å². The molecule has 196 valence electrons. The third-order valence-corrected chi connectivity index (χ3v) is 8.07. The summed E-state index contributed by atoms with van der Waals surface area (Å²) in [5.41, 5.74) is 1.12. The first kappa shape index (κ1) is 28.1. The number of sulfonamides is 1. The van der Waals surface area contributed by atoms with Crippen LogP contribution < -0.4 is 9.62 Å². The van der Waals surface area contributed by atoms with Crippen molar-refractivity contribution in [3.63, 3.8) is 0 Å². The van der Waals surface area contributed by atoms with Crippen molar-refractivity contribution in [1.82, 2.24) is 10.2 Å². The fourth-order valence-corrected chi connectivity index (χ4v) is 5.30. The summed E-state index contributed by atoms with van der Waals surface area (Å²) in [5, 5.41) is 2.99. The van der Waals surface area contributed by atoms with Crippen LogP contribution in [-0.4, -0.2) is 44.3 Å². The van der Waals surface area contributed by atoms with E-state index in [1.54, 1.807) is 50.2 Å². The lowest BCUT2D eigenvalue weighted by molar-refractivity contribution is -0.139. The number of likely N-dealkylation sites (N-methyl/N-ethyl adjacent to an activating group) is 1. The predicted octanol–water partition coefficient (Wildman–Crippen LogP) is 4.54. The van der Waals surface area contributed by atoms with Crippen LogP contribution in [0.25, 0.3) is 0 Å². The Hall–Kier alpha value is -3.43. The van der Waals surface area contributed by atoms with Gasteiger partial charge in [0.25, 0.3) is 10.0 Å². The van der Waals surface area contributed by atoms with Gasteiger partial charge in [0, 0.05) is 23.7 Å². The first-order valence-corrected chi connectivity index (χ1v) is 13.5. The van der Waals surface area contributed by atoms with Gasteiger partial charge in [-0.3, -0.25) is 13.9 Å². The Kier molecular flexibility index (Phi) is 9.29. The van der Waals surface area contributed by atoms with Crippen LogP contribution in [0.1, 0.15) is 25.0 Å². The summed E-state index contributed by atoms with van der Waals surface area (Å²) in [6.07, 6.45) is 0. The molecule has 0 aliphatic carbocycles. The number of aryl methyl sites for hydroxylation is 1. The molecule has 1 atom stereocenters. The summed E-state index contributed by atoms with van der Waals surface area (Å²) < 4.78 is 42.8. The van der Waals surface area contributed by atoms with Crippen LogP contribution in [0.5, 0.6) is 0 Å². The molecule has 2 amide bonds.